The van der Waals surface area contributed by atoms with E-state index in [1.54, 1.807) is 0 Å². The van der Waals surface area contributed by atoms with E-state index in [0.29, 0.717) is 0 Å². The largest absolute Gasteiger partial charge is 0.339 e. The SMILES string of the molecule is CCc1nc(CN2CCC3CNCC3C2)no1.Cl. The van der Waals surface area contributed by atoms with Crippen LogP contribution >= 0.6 is 12.4 Å². The number of nitrogens with one attached hydrogen (secondary N) is 1. The van der Waals surface area contributed by atoms with Crippen LogP contribution in [0.2, 0.25) is 0 Å². The van der Waals surface area contributed by atoms with Crippen molar-refractivity contribution in [1.82, 2.24) is 20.4 Å². The Morgan fingerprint density at radius 2 is 2.22 bits per heavy atom. The zero-order chi connectivity index (χ0) is 11.7. The second-order valence-corrected chi connectivity index (χ2v) is 5.16. The van der Waals surface area contributed by atoms with Gasteiger partial charge in [0, 0.05) is 13.0 Å². The number of piperidine rings is 1. The van der Waals surface area contributed by atoms with E-state index in [0.717, 1.165) is 36.5 Å². The minimum absolute atomic E-state index is 0. The number of likely N-dealkylation sites (tertiary alicyclic amines) is 1. The zero-order valence-electron chi connectivity index (χ0n) is 10.8. The standard InChI is InChI=1S/C12H20N4O.ClH/c1-2-12-14-11(15-17-12)8-16-4-3-9-5-13-6-10(9)7-16;/h9-10,13H,2-8H2,1H3;1H. The lowest BCUT2D eigenvalue weighted by Gasteiger charge is -2.33. The molecule has 6 heteroatoms. The van der Waals surface area contributed by atoms with Crippen LogP contribution in [0.1, 0.15) is 25.1 Å². The van der Waals surface area contributed by atoms with Crippen LogP contribution in [0.5, 0.6) is 0 Å². The number of aromatic nitrogens is 2. The molecule has 0 saturated carbocycles. The molecule has 18 heavy (non-hydrogen) atoms. The van der Waals surface area contributed by atoms with Crippen LogP contribution in [0.15, 0.2) is 4.52 Å². The Labute approximate surface area is 114 Å². The average Bonchev–Trinajstić information content (AvgIpc) is 2.96. The first-order chi connectivity index (χ1) is 8.35. The molecule has 2 saturated heterocycles. The van der Waals surface area contributed by atoms with Crippen LogP contribution in [0.4, 0.5) is 0 Å². The Balaban J connectivity index is 0.00000120. The lowest BCUT2D eigenvalue weighted by atomic mass is 9.89. The zero-order valence-corrected chi connectivity index (χ0v) is 11.6. The van der Waals surface area contributed by atoms with Crippen LogP contribution in [-0.2, 0) is 13.0 Å². The Hall–Kier alpha value is -0.650. The minimum Gasteiger partial charge on any atom is -0.339 e. The molecule has 0 spiro atoms. The van der Waals surface area contributed by atoms with Crippen molar-refractivity contribution in [2.24, 2.45) is 11.8 Å². The number of halogens is 1. The summed E-state index contributed by atoms with van der Waals surface area (Å²) in [7, 11) is 0. The molecule has 3 heterocycles. The Morgan fingerprint density at radius 1 is 1.39 bits per heavy atom. The number of nitrogens with zero attached hydrogens (tertiary/aromatic N) is 3. The third kappa shape index (κ3) is 2.84. The second kappa shape index (κ2) is 5.99. The molecule has 2 atom stereocenters. The van der Waals surface area contributed by atoms with Gasteiger partial charge in [-0.1, -0.05) is 12.1 Å². The lowest BCUT2D eigenvalue weighted by Crippen LogP contribution is -2.39. The summed E-state index contributed by atoms with van der Waals surface area (Å²) >= 11 is 0. The first kappa shape index (κ1) is 13.8. The number of hydrogen-bond acceptors (Lipinski definition) is 5. The first-order valence-corrected chi connectivity index (χ1v) is 6.59. The summed E-state index contributed by atoms with van der Waals surface area (Å²) in [6, 6.07) is 0. The van der Waals surface area contributed by atoms with E-state index >= 15 is 0 Å². The summed E-state index contributed by atoms with van der Waals surface area (Å²) in [5.41, 5.74) is 0. The number of hydrogen-bond donors (Lipinski definition) is 1. The van der Waals surface area contributed by atoms with Gasteiger partial charge in [-0.15, -0.1) is 12.4 Å². The van der Waals surface area contributed by atoms with E-state index < -0.39 is 0 Å². The average molecular weight is 273 g/mol. The molecule has 2 unspecified atom stereocenters. The van der Waals surface area contributed by atoms with Crippen molar-refractivity contribution in [3.8, 4) is 0 Å². The normalized spacial score (nSPS) is 27.8. The van der Waals surface area contributed by atoms with Crippen LogP contribution in [0.3, 0.4) is 0 Å². The predicted molar refractivity (Wildman–Crippen MR) is 70.7 cm³/mol. The van der Waals surface area contributed by atoms with Gasteiger partial charge in [0.1, 0.15) is 0 Å². The van der Waals surface area contributed by atoms with Gasteiger partial charge in [-0.2, -0.15) is 4.98 Å². The summed E-state index contributed by atoms with van der Waals surface area (Å²) in [6.07, 6.45) is 2.12. The number of rotatable bonds is 3. The predicted octanol–water partition coefficient (Wildman–Crippen LogP) is 1.10. The molecule has 2 aliphatic heterocycles. The molecule has 1 aromatic heterocycles. The molecule has 102 valence electrons. The highest BCUT2D eigenvalue weighted by Crippen LogP contribution is 2.26. The Bertz CT molecular complexity index is 384. The second-order valence-electron chi connectivity index (χ2n) is 5.16. The van der Waals surface area contributed by atoms with E-state index in [2.05, 4.69) is 20.4 Å². The van der Waals surface area contributed by atoms with E-state index in [1.807, 2.05) is 6.92 Å². The highest BCUT2D eigenvalue weighted by molar-refractivity contribution is 5.85. The molecule has 2 aliphatic rings. The van der Waals surface area contributed by atoms with Crippen molar-refractivity contribution in [3.05, 3.63) is 11.7 Å². The van der Waals surface area contributed by atoms with Crippen molar-refractivity contribution >= 4 is 12.4 Å². The summed E-state index contributed by atoms with van der Waals surface area (Å²) in [4.78, 5) is 6.83. The maximum Gasteiger partial charge on any atom is 0.226 e. The van der Waals surface area contributed by atoms with Crippen LogP contribution < -0.4 is 5.32 Å². The monoisotopic (exact) mass is 272 g/mol. The van der Waals surface area contributed by atoms with Gasteiger partial charge in [0.05, 0.1) is 6.54 Å². The molecule has 0 bridgehead atoms. The molecular formula is C12H21ClN4O. The molecule has 0 aromatic carbocycles. The Morgan fingerprint density at radius 3 is 3.00 bits per heavy atom. The molecule has 0 aliphatic carbocycles. The smallest absolute Gasteiger partial charge is 0.226 e. The number of fused-ring (bicyclic) bond motifs is 1. The highest BCUT2D eigenvalue weighted by Gasteiger charge is 2.32. The fraction of sp³-hybridized carbons (Fsp3) is 0.833. The summed E-state index contributed by atoms with van der Waals surface area (Å²) in [6.45, 7) is 7.60. The third-order valence-corrected chi connectivity index (χ3v) is 3.97. The highest BCUT2D eigenvalue weighted by atomic mass is 35.5. The lowest BCUT2D eigenvalue weighted by molar-refractivity contribution is 0.138. The molecule has 2 fully saturated rings. The van der Waals surface area contributed by atoms with Crippen LogP contribution in [0, 0.1) is 11.8 Å². The van der Waals surface area contributed by atoms with Gasteiger partial charge >= 0.3 is 0 Å². The van der Waals surface area contributed by atoms with Gasteiger partial charge in [0.25, 0.3) is 0 Å². The van der Waals surface area contributed by atoms with Crippen molar-refractivity contribution in [2.45, 2.75) is 26.3 Å². The van der Waals surface area contributed by atoms with E-state index in [-0.39, 0.29) is 12.4 Å². The van der Waals surface area contributed by atoms with Crippen LogP contribution in [-0.4, -0.2) is 41.2 Å². The molecule has 0 amide bonds. The van der Waals surface area contributed by atoms with Gasteiger partial charge in [-0.05, 0) is 37.9 Å². The van der Waals surface area contributed by atoms with E-state index in [4.69, 9.17) is 4.52 Å². The molecule has 0 radical (unpaired) electrons. The topological polar surface area (TPSA) is 54.2 Å². The van der Waals surface area contributed by atoms with Crippen molar-refractivity contribution in [1.29, 1.82) is 0 Å². The summed E-state index contributed by atoms with van der Waals surface area (Å²) in [5.74, 6) is 3.30. The summed E-state index contributed by atoms with van der Waals surface area (Å²) in [5, 5.41) is 7.51. The molecule has 3 rings (SSSR count). The van der Waals surface area contributed by atoms with Crippen molar-refractivity contribution in [3.63, 3.8) is 0 Å². The third-order valence-electron chi connectivity index (χ3n) is 3.97. The quantitative estimate of drug-likeness (QED) is 0.893. The maximum atomic E-state index is 5.14. The molecule has 1 aromatic rings. The molecule has 1 N–H and O–H groups in total. The van der Waals surface area contributed by atoms with Crippen molar-refractivity contribution in [2.75, 3.05) is 26.2 Å². The number of aryl methyl sites for hydroxylation is 1. The maximum absolute atomic E-state index is 5.14. The molecular weight excluding hydrogens is 252 g/mol. The van der Waals surface area contributed by atoms with E-state index in [9.17, 15) is 0 Å². The van der Waals surface area contributed by atoms with Crippen molar-refractivity contribution < 1.29 is 4.52 Å². The first-order valence-electron chi connectivity index (χ1n) is 6.59. The Kier molecular flexibility index (Phi) is 4.59. The van der Waals surface area contributed by atoms with Gasteiger partial charge in [-0.25, -0.2) is 0 Å². The fourth-order valence-electron chi connectivity index (χ4n) is 2.95. The van der Waals surface area contributed by atoms with Gasteiger partial charge in [0.15, 0.2) is 5.82 Å². The van der Waals surface area contributed by atoms with Gasteiger partial charge < -0.3 is 9.84 Å². The fourth-order valence-corrected chi connectivity index (χ4v) is 2.95. The van der Waals surface area contributed by atoms with Gasteiger partial charge in [-0.3, -0.25) is 4.90 Å². The van der Waals surface area contributed by atoms with E-state index in [1.165, 1.54) is 32.6 Å². The summed E-state index contributed by atoms with van der Waals surface area (Å²) < 4.78 is 5.14. The molecule has 5 nitrogen and oxygen atoms in total. The van der Waals surface area contributed by atoms with Crippen LogP contribution in [0.25, 0.3) is 0 Å². The minimum atomic E-state index is 0. The van der Waals surface area contributed by atoms with Gasteiger partial charge in [0.2, 0.25) is 5.89 Å².